The molecule has 0 fully saturated rings. The second-order valence-corrected chi connectivity index (χ2v) is 2.27. The minimum atomic E-state index is -0.0310. The van der Waals surface area contributed by atoms with E-state index in [0.29, 0.717) is 5.56 Å². The van der Waals surface area contributed by atoms with Crippen LogP contribution in [-0.4, -0.2) is 15.2 Å². The van der Waals surface area contributed by atoms with Crippen LogP contribution in [0, 0.1) is 5.21 Å². The maximum atomic E-state index is 10.5. The fourth-order valence-electron chi connectivity index (χ4n) is 0.789. The van der Waals surface area contributed by atoms with Crippen molar-refractivity contribution in [3.05, 3.63) is 35.0 Å². The first-order chi connectivity index (χ1) is 5.72. The van der Waals surface area contributed by atoms with Crippen LogP contribution in [0.3, 0.4) is 0 Å². The van der Waals surface area contributed by atoms with Gasteiger partial charge in [-0.3, -0.25) is 0 Å². The summed E-state index contributed by atoms with van der Waals surface area (Å²) in [7, 11) is 0. The lowest BCUT2D eigenvalue weighted by Gasteiger charge is -1.98. The van der Waals surface area contributed by atoms with Crippen molar-refractivity contribution in [3.8, 4) is 5.75 Å². The summed E-state index contributed by atoms with van der Waals surface area (Å²) < 4.78 is 0. The van der Waals surface area contributed by atoms with Gasteiger partial charge in [0.2, 0.25) is 6.54 Å². The van der Waals surface area contributed by atoms with Crippen LogP contribution in [0.5, 0.6) is 5.75 Å². The van der Waals surface area contributed by atoms with Crippen molar-refractivity contribution in [2.75, 3.05) is 0 Å². The third-order valence-electron chi connectivity index (χ3n) is 1.35. The number of hydrogen-bond acceptors (Lipinski definition) is 3. The van der Waals surface area contributed by atoms with Crippen LogP contribution in [0.1, 0.15) is 5.56 Å². The first-order valence-corrected chi connectivity index (χ1v) is 3.30. The summed E-state index contributed by atoms with van der Waals surface area (Å²) in [6, 6.07) is 6.07. The lowest BCUT2D eigenvalue weighted by Crippen LogP contribution is -1.99. The third kappa shape index (κ3) is 2.12. The van der Waals surface area contributed by atoms with E-state index >= 15 is 0 Å². The topological polar surface area (TPSA) is 78.9 Å². The van der Waals surface area contributed by atoms with Gasteiger partial charge in [0.15, 0.2) is 5.28 Å². The molecule has 0 spiro atoms. The molecule has 0 aromatic heterocycles. The quantitative estimate of drug-likeness (QED) is 0.396. The Kier molecular flexibility index (Phi) is 2.47. The Morgan fingerprint density at radius 1 is 1.33 bits per heavy atom. The van der Waals surface area contributed by atoms with Gasteiger partial charge in [-0.15, -0.1) is 0 Å². The molecule has 12 heavy (non-hydrogen) atoms. The van der Waals surface area contributed by atoms with E-state index in [2.05, 4.69) is 5.28 Å². The lowest BCUT2D eigenvalue weighted by molar-refractivity contribution is -0.570. The Bertz CT molecular complexity index is 281. The maximum absolute atomic E-state index is 10.5. The second kappa shape index (κ2) is 3.56. The summed E-state index contributed by atoms with van der Waals surface area (Å²) in [5, 5.41) is 29.8. The van der Waals surface area contributed by atoms with E-state index in [1.165, 1.54) is 12.1 Å². The predicted octanol–water partition coefficient (Wildman–Crippen LogP) is 1.24. The average Bonchev–Trinajstić information content (AvgIpc) is 2.09. The van der Waals surface area contributed by atoms with Crippen molar-refractivity contribution in [1.82, 2.24) is 0 Å². The van der Waals surface area contributed by atoms with E-state index in [1.807, 2.05) is 0 Å². The highest BCUT2D eigenvalue weighted by Crippen LogP contribution is 2.09. The molecule has 1 aromatic carbocycles. The molecule has 5 heteroatoms. The highest BCUT2D eigenvalue weighted by Gasteiger charge is 1.99. The summed E-state index contributed by atoms with van der Waals surface area (Å²) in [5.74, 6) is 0.136. The minimum absolute atomic E-state index is 0.0310. The van der Waals surface area contributed by atoms with E-state index in [9.17, 15) is 5.21 Å². The van der Waals surface area contributed by atoms with Gasteiger partial charge in [0.25, 0.3) is 0 Å². The Morgan fingerprint density at radius 2 is 1.92 bits per heavy atom. The van der Waals surface area contributed by atoms with E-state index in [1.54, 1.807) is 12.1 Å². The largest absolute Gasteiger partial charge is 0.597 e. The molecular weight excluding hydrogens is 160 g/mol. The van der Waals surface area contributed by atoms with Crippen molar-refractivity contribution in [2.24, 2.45) is 5.28 Å². The Labute approximate surface area is 68.7 Å². The molecular formula is C7H8N2O3. The van der Waals surface area contributed by atoms with Gasteiger partial charge in [0, 0.05) is 5.56 Å². The molecule has 0 unspecified atom stereocenters. The van der Waals surface area contributed by atoms with Crippen LogP contribution < -0.4 is 0 Å². The monoisotopic (exact) mass is 168 g/mol. The van der Waals surface area contributed by atoms with Crippen molar-refractivity contribution < 1.29 is 15.2 Å². The first-order valence-electron chi connectivity index (χ1n) is 3.30. The van der Waals surface area contributed by atoms with Crippen LogP contribution in [0.4, 0.5) is 0 Å². The van der Waals surface area contributed by atoms with E-state index in [4.69, 9.17) is 10.3 Å². The summed E-state index contributed by atoms with van der Waals surface area (Å²) in [4.78, 5) is 0.145. The number of hydroxylamine groups is 1. The zero-order valence-electron chi connectivity index (χ0n) is 6.21. The molecule has 0 amide bonds. The number of phenols is 1. The van der Waals surface area contributed by atoms with E-state index < -0.39 is 0 Å². The number of aromatic hydroxyl groups is 1. The number of rotatable bonds is 2. The first kappa shape index (κ1) is 8.32. The SMILES string of the molecule is [O-]/[N+](Cc1ccc(O)cc1)=N/O. The van der Waals surface area contributed by atoms with Crippen molar-refractivity contribution >= 4 is 0 Å². The molecule has 1 aromatic rings. The summed E-state index contributed by atoms with van der Waals surface area (Å²) in [5.41, 5.74) is 0.667. The Morgan fingerprint density at radius 3 is 2.42 bits per heavy atom. The van der Waals surface area contributed by atoms with Gasteiger partial charge >= 0.3 is 0 Å². The zero-order chi connectivity index (χ0) is 8.97. The minimum Gasteiger partial charge on any atom is -0.597 e. The molecule has 0 aliphatic rings. The number of phenolic OH excluding ortho intramolecular Hbond substituents is 1. The van der Waals surface area contributed by atoms with Crippen molar-refractivity contribution in [3.63, 3.8) is 0 Å². The second-order valence-electron chi connectivity index (χ2n) is 2.27. The molecule has 0 radical (unpaired) electrons. The fraction of sp³-hybridized carbons (Fsp3) is 0.143. The normalized spacial score (nSPS) is 11.5. The van der Waals surface area contributed by atoms with Crippen LogP contribution in [0.2, 0.25) is 0 Å². The molecule has 0 heterocycles. The smallest absolute Gasteiger partial charge is 0.209 e. The highest BCUT2D eigenvalue weighted by atomic mass is 16.6. The standard InChI is InChI=1S/C7H8N2O3/c10-7-3-1-6(2-4-7)5-9(12)8-11/h1-4,10-11H,5H2/b9-8+. The molecule has 64 valence electrons. The van der Waals surface area contributed by atoms with Gasteiger partial charge in [-0.1, -0.05) is 4.86 Å². The molecule has 0 aliphatic heterocycles. The van der Waals surface area contributed by atoms with E-state index in [-0.39, 0.29) is 17.2 Å². The Hall–Kier alpha value is -1.78. The van der Waals surface area contributed by atoms with Gasteiger partial charge < -0.3 is 15.5 Å². The third-order valence-corrected chi connectivity index (χ3v) is 1.35. The highest BCUT2D eigenvalue weighted by molar-refractivity contribution is 5.25. The predicted molar refractivity (Wildman–Crippen MR) is 39.7 cm³/mol. The molecule has 0 atom stereocenters. The van der Waals surface area contributed by atoms with Gasteiger partial charge in [-0.25, -0.2) is 0 Å². The van der Waals surface area contributed by atoms with Gasteiger partial charge in [-0.2, -0.15) is 0 Å². The molecule has 5 nitrogen and oxygen atoms in total. The number of benzene rings is 1. The summed E-state index contributed by atoms with van der Waals surface area (Å²) in [6.45, 7) is -0.0310. The number of nitrogens with zero attached hydrogens (tertiary/aromatic N) is 2. The maximum Gasteiger partial charge on any atom is 0.209 e. The zero-order valence-corrected chi connectivity index (χ0v) is 6.21. The summed E-state index contributed by atoms with van der Waals surface area (Å²) in [6.07, 6.45) is 0. The molecule has 1 rings (SSSR count). The number of hydrogen-bond donors (Lipinski definition) is 2. The van der Waals surface area contributed by atoms with Crippen LogP contribution in [-0.2, 0) is 6.54 Å². The van der Waals surface area contributed by atoms with Gasteiger partial charge in [-0.05, 0) is 24.3 Å². The van der Waals surface area contributed by atoms with Gasteiger partial charge in [0.1, 0.15) is 5.75 Å². The van der Waals surface area contributed by atoms with Crippen LogP contribution >= 0.6 is 0 Å². The molecule has 0 aliphatic carbocycles. The van der Waals surface area contributed by atoms with Crippen molar-refractivity contribution in [1.29, 1.82) is 0 Å². The molecule has 0 saturated heterocycles. The lowest BCUT2D eigenvalue weighted by atomic mass is 10.2. The average molecular weight is 168 g/mol. The summed E-state index contributed by atoms with van der Waals surface area (Å²) >= 11 is 0. The molecule has 0 bridgehead atoms. The fourth-order valence-corrected chi connectivity index (χ4v) is 0.789. The molecule has 2 N–H and O–H groups in total. The Balaban J connectivity index is 2.71. The van der Waals surface area contributed by atoms with Crippen molar-refractivity contribution in [2.45, 2.75) is 6.54 Å². The van der Waals surface area contributed by atoms with Gasteiger partial charge in [0.05, 0.1) is 0 Å². The van der Waals surface area contributed by atoms with E-state index in [0.717, 1.165) is 0 Å². The van der Waals surface area contributed by atoms with Crippen LogP contribution in [0.15, 0.2) is 29.5 Å². The molecule has 0 saturated carbocycles. The van der Waals surface area contributed by atoms with Crippen LogP contribution in [0.25, 0.3) is 0 Å².